The molecule has 2 rings (SSSR count). The minimum atomic E-state index is -0.0491. The average Bonchev–Trinajstić information content (AvgIpc) is 2.50. The van der Waals surface area contributed by atoms with Crippen LogP contribution in [0.4, 0.5) is 0 Å². The summed E-state index contributed by atoms with van der Waals surface area (Å²) in [5.41, 5.74) is 2.24. The topological polar surface area (TPSA) is 41.5 Å². The van der Waals surface area contributed by atoms with Gasteiger partial charge in [0, 0.05) is 6.54 Å². The van der Waals surface area contributed by atoms with E-state index in [0.717, 1.165) is 16.9 Å². The van der Waals surface area contributed by atoms with E-state index in [1.54, 1.807) is 0 Å². The Bertz CT molecular complexity index is 513. The fourth-order valence-corrected chi connectivity index (χ4v) is 2.13. The molecule has 106 valence electrons. The van der Waals surface area contributed by atoms with Gasteiger partial charge < -0.3 is 15.2 Å². The highest BCUT2D eigenvalue weighted by Crippen LogP contribution is 2.16. The number of rotatable bonds is 7. The molecule has 0 radical (unpaired) electrons. The van der Waals surface area contributed by atoms with Crippen LogP contribution in [0.5, 0.6) is 5.75 Å². The molecule has 0 aliphatic heterocycles. The molecule has 0 aromatic heterocycles. The summed E-state index contributed by atoms with van der Waals surface area (Å²) in [4.78, 5) is 0. The van der Waals surface area contributed by atoms with Crippen LogP contribution in [-0.4, -0.2) is 18.3 Å². The smallest absolute Gasteiger partial charge is 0.119 e. The van der Waals surface area contributed by atoms with Crippen LogP contribution in [0, 0.1) is 0 Å². The maximum atomic E-state index is 9.51. The van der Waals surface area contributed by atoms with Crippen molar-refractivity contribution in [3.8, 4) is 5.75 Å². The molecule has 2 aromatic rings. The van der Waals surface area contributed by atoms with Gasteiger partial charge in [0.1, 0.15) is 5.75 Å². The third kappa shape index (κ3) is 4.08. The van der Waals surface area contributed by atoms with Crippen molar-refractivity contribution < 1.29 is 9.84 Å². The Balaban J connectivity index is 1.98. The van der Waals surface area contributed by atoms with Crippen molar-refractivity contribution in [2.75, 3.05) is 13.2 Å². The first-order valence-electron chi connectivity index (χ1n) is 6.94. The van der Waals surface area contributed by atoms with E-state index in [0.29, 0.717) is 13.2 Å². The van der Waals surface area contributed by atoms with Crippen LogP contribution in [0.15, 0.2) is 54.6 Å². The summed E-state index contributed by atoms with van der Waals surface area (Å²) in [6.07, 6.45) is 0. The van der Waals surface area contributed by atoms with Crippen molar-refractivity contribution in [1.29, 1.82) is 0 Å². The number of hydrogen-bond acceptors (Lipinski definition) is 3. The Morgan fingerprint density at radius 1 is 1.10 bits per heavy atom. The predicted molar refractivity (Wildman–Crippen MR) is 80.7 cm³/mol. The maximum absolute atomic E-state index is 9.51. The Labute approximate surface area is 120 Å². The van der Waals surface area contributed by atoms with Crippen LogP contribution >= 0.6 is 0 Å². The normalized spacial score (nSPS) is 12.1. The van der Waals surface area contributed by atoms with E-state index < -0.39 is 0 Å². The van der Waals surface area contributed by atoms with Gasteiger partial charge in [0.15, 0.2) is 0 Å². The van der Waals surface area contributed by atoms with Gasteiger partial charge in [-0.2, -0.15) is 0 Å². The third-order valence-electron chi connectivity index (χ3n) is 3.15. The molecule has 0 spiro atoms. The molecule has 2 N–H and O–H groups in total. The van der Waals surface area contributed by atoms with Gasteiger partial charge >= 0.3 is 0 Å². The molecule has 3 heteroatoms. The Morgan fingerprint density at radius 2 is 1.90 bits per heavy atom. The molecular weight excluding hydrogens is 250 g/mol. The second kappa shape index (κ2) is 7.68. The SMILES string of the molecule is CCOc1cccc(CNC(CO)c2ccccc2)c1. The number of ether oxygens (including phenoxy) is 1. The number of aliphatic hydroxyl groups excluding tert-OH is 1. The average molecular weight is 271 g/mol. The first kappa shape index (κ1) is 14.6. The van der Waals surface area contributed by atoms with Crippen molar-refractivity contribution in [3.05, 3.63) is 65.7 Å². The first-order valence-corrected chi connectivity index (χ1v) is 6.94. The molecule has 2 aromatic carbocycles. The van der Waals surface area contributed by atoms with Crippen molar-refractivity contribution in [1.82, 2.24) is 5.32 Å². The van der Waals surface area contributed by atoms with Gasteiger partial charge in [-0.3, -0.25) is 0 Å². The van der Waals surface area contributed by atoms with E-state index in [4.69, 9.17) is 4.74 Å². The van der Waals surface area contributed by atoms with Crippen molar-refractivity contribution in [2.24, 2.45) is 0 Å². The minimum absolute atomic E-state index is 0.0491. The second-order valence-electron chi connectivity index (χ2n) is 4.61. The van der Waals surface area contributed by atoms with E-state index in [1.165, 1.54) is 0 Å². The molecule has 1 atom stereocenters. The summed E-state index contributed by atoms with van der Waals surface area (Å²) in [5.74, 6) is 0.882. The van der Waals surface area contributed by atoms with E-state index in [2.05, 4.69) is 11.4 Å². The van der Waals surface area contributed by atoms with Crippen LogP contribution in [0.1, 0.15) is 24.1 Å². The summed E-state index contributed by atoms with van der Waals surface area (Å²) in [6.45, 7) is 3.42. The molecule has 0 amide bonds. The zero-order chi connectivity index (χ0) is 14.2. The Morgan fingerprint density at radius 3 is 2.60 bits per heavy atom. The Hall–Kier alpha value is -1.84. The zero-order valence-electron chi connectivity index (χ0n) is 11.8. The first-order chi connectivity index (χ1) is 9.83. The quantitative estimate of drug-likeness (QED) is 0.813. The van der Waals surface area contributed by atoms with Gasteiger partial charge in [0.2, 0.25) is 0 Å². The van der Waals surface area contributed by atoms with E-state index >= 15 is 0 Å². The van der Waals surface area contributed by atoms with Crippen molar-refractivity contribution >= 4 is 0 Å². The lowest BCUT2D eigenvalue weighted by atomic mass is 10.1. The minimum Gasteiger partial charge on any atom is -0.494 e. The van der Waals surface area contributed by atoms with Crippen LogP contribution in [-0.2, 0) is 6.54 Å². The summed E-state index contributed by atoms with van der Waals surface area (Å²) in [6, 6.07) is 17.9. The van der Waals surface area contributed by atoms with Gasteiger partial charge in [-0.25, -0.2) is 0 Å². The van der Waals surface area contributed by atoms with Gasteiger partial charge in [0.25, 0.3) is 0 Å². The molecule has 0 aliphatic carbocycles. The Kier molecular flexibility index (Phi) is 5.59. The van der Waals surface area contributed by atoms with Crippen LogP contribution in [0.3, 0.4) is 0 Å². The molecule has 0 bridgehead atoms. The van der Waals surface area contributed by atoms with Crippen molar-refractivity contribution in [2.45, 2.75) is 19.5 Å². The highest BCUT2D eigenvalue weighted by atomic mass is 16.5. The van der Waals surface area contributed by atoms with Gasteiger partial charge in [0.05, 0.1) is 19.3 Å². The van der Waals surface area contributed by atoms with E-state index in [9.17, 15) is 5.11 Å². The number of nitrogens with one attached hydrogen (secondary N) is 1. The van der Waals surface area contributed by atoms with Crippen LogP contribution in [0.25, 0.3) is 0 Å². The zero-order valence-corrected chi connectivity index (χ0v) is 11.8. The number of hydrogen-bond donors (Lipinski definition) is 2. The second-order valence-corrected chi connectivity index (χ2v) is 4.61. The molecule has 0 saturated carbocycles. The highest BCUT2D eigenvalue weighted by molar-refractivity contribution is 5.28. The van der Waals surface area contributed by atoms with E-state index in [-0.39, 0.29) is 12.6 Å². The molecule has 1 unspecified atom stereocenters. The molecular formula is C17H21NO2. The molecule has 0 aliphatic rings. The van der Waals surface area contributed by atoms with E-state index in [1.807, 2.05) is 55.5 Å². The van der Waals surface area contributed by atoms with Gasteiger partial charge in [-0.15, -0.1) is 0 Å². The summed E-state index contributed by atoms with van der Waals surface area (Å²) in [5, 5.41) is 12.9. The number of benzene rings is 2. The third-order valence-corrected chi connectivity index (χ3v) is 3.15. The monoisotopic (exact) mass is 271 g/mol. The number of aliphatic hydroxyl groups is 1. The van der Waals surface area contributed by atoms with Gasteiger partial charge in [-0.05, 0) is 30.2 Å². The lowest BCUT2D eigenvalue weighted by molar-refractivity contribution is 0.243. The molecule has 20 heavy (non-hydrogen) atoms. The standard InChI is InChI=1S/C17H21NO2/c1-2-20-16-10-6-7-14(11-16)12-18-17(13-19)15-8-4-3-5-9-15/h3-11,17-19H,2,12-13H2,1H3. The summed E-state index contributed by atoms with van der Waals surface area (Å²) in [7, 11) is 0. The fourth-order valence-electron chi connectivity index (χ4n) is 2.13. The highest BCUT2D eigenvalue weighted by Gasteiger charge is 2.09. The molecule has 0 heterocycles. The van der Waals surface area contributed by atoms with Crippen LogP contribution < -0.4 is 10.1 Å². The summed E-state index contributed by atoms with van der Waals surface area (Å²) < 4.78 is 5.49. The maximum Gasteiger partial charge on any atom is 0.119 e. The molecule has 3 nitrogen and oxygen atoms in total. The lowest BCUT2D eigenvalue weighted by Gasteiger charge is -2.17. The lowest BCUT2D eigenvalue weighted by Crippen LogP contribution is -2.23. The van der Waals surface area contributed by atoms with Gasteiger partial charge in [-0.1, -0.05) is 42.5 Å². The molecule has 0 saturated heterocycles. The largest absolute Gasteiger partial charge is 0.494 e. The summed E-state index contributed by atoms with van der Waals surface area (Å²) >= 11 is 0. The van der Waals surface area contributed by atoms with Crippen LogP contribution in [0.2, 0.25) is 0 Å². The molecule has 0 fully saturated rings. The fraction of sp³-hybridized carbons (Fsp3) is 0.294. The predicted octanol–water partition coefficient (Wildman–Crippen LogP) is 2.91. The van der Waals surface area contributed by atoms with Crippen molar-refractivity contribution in [3.63, 3.8) is 0 Å².